The van der Waals surface area contributed by atoms with Crippen LogP contribution in [0.5, 0.6) is 0 Å². The van der Waals surface area contributed by atoms with Gasteiger partial charge in [-0.1, -0.05) is 0 Å². The predicted octanol–water partition coefficient (Wildman–Crippen LogP) is 2.98. The van der Waals surface area contributed by atoms with Gasteiger partial charge in [-0.25, -0.2) is 0 Å². The molecule has 3 nitrogen and oxygen atoms in total. The molecule has 90 valence electrons. The maximum absolute atomic E-state index is 12.6. The van der Waals surface area contributed by atoms with Crippen LogP contribution in [0.25, 0.3) is 11.1 Å². The first kappa shape index (κ1) is 13.4. The molecule has 0 amide bonds. The largest absolute Gasteiger partial charge is 0.435 e. The highest BCUT2D eigenvalue weighted by atomic mass is 35.5. The van der Waals surface area contributed by atoms with Gasteiger partial charge >= 0.3 is 6.18 Å². The van der Waals surface area contributed by atoms with E-state index in [4.69, 9.17) is 0 Å². The number of pyridine rings is 1. The minimum Gasteiger partial charge on any atom is -0.265 e. The van der Waals surface area contributed by atoms with Gasteiger partial charge in [0, 0.05) is 18.0 Å². The Morgan fingerprint density at radius 2 is 1.59 bits per heavy atom. The van der Waals surface area contributed by atoms with Crippen molar-refractivity contribution in [1.29, 1.82) is 0 Å². The number of aromatic nitrogens is 3. The Labute approximate surface area is 101 Å². The van der Waals surface area contributed by atoms with Gasteiger partial charge in [0.05, 0.1) is 6.20 Å². The van der Waals surface area contributed by atoms with Gasteiger partial charge in [0.15, 0.2) is 5.69 Å². The minimum atomic E-state index is -4.51. The fourth-order valence-corrected chi connectivity index (χ4v) is 1.31. The standard InChI is InChI=1S/C10H6F3N3.ClH/c11-10(12,13)9-8(3-6-15-16-9)7-1-4-14-5-2-7;/h1-6H;1H. The monoisotopic (exact) mass is 261 g/mol. The zero-order chi connectivity index (χ0) is 11.6. The molecular weight excluding hydrogens is 255 g/mol. The Hall–Kier alpha value is -1.69. The molecule has 0 fully saturated rings. The summed E-state index contributed by atoms with van der Waals surface area (Å²) in [6.07, 6.45) is -0.427. The lowest BCUT2D eigenvalue weighted by Gasteiger charge is -2.09. The molecular formula is C10H7ClF3N3. The second kappa shape index (κ2) is 5.09. The molecule has 0 aliphatic heterocycles. The van der Waals surface area contributed by atoms with E-state index in [1.807, 2.05) is 0 Å². The van der Waals surface area contributed by atoms with Crippen LogP contribution in [-0.2, 0) is 6.18 Å². The van der Waals surface area contributed by atoms with Crippen molar-refractivity contribution in [2.24, 2.45) is 0 Å². The molecule has 0 radical (unpaired) electrons. The van der Waals surface area contributed by atoms with Crippen molar-refractivity contribution in [1.82, 2.24) is 15.2 Å². The van der Waals surface area contributed by atoms with Crippen LogP contribution in [0, 0.1) is 0 Å². The number of hydrogen-bond donors (Lipinski definition) is 0. The highest BCUT2D eigenvalue weighted by Gasteiger charge is 2.36. The number of nitrogens with zero attached hydrogens (tertiary/aromatic N) is 3. The summed E-state index contributed by atoms with van der Waals surface area (Å²) in [7, 11) is 0. The summed E-state index contributed by atoms with van der Waals surface area (Å²) in [5.74, 6) is 0. The molecule has 2 rings (SSSR count). The molecule has 7 heteroatoms. The van der Waals surface area contributed by atoms with Crippen molar-refractivity contribution >= 4 is 12.4 Å². The van der Waals surface area contributed by atoms with Crippen LogP contribution in [0.4, 0.5) is 13.2 Å². The van der Waals surface area contributed by atoms with Gasteiger partial charge in [-0.2, -0.15) is 18.3 Å². The first-order valence-corrected chi connectivity index (χ1v) is 4.38. The van der Waals surface area contributed by atoms with Crippen molar-refractivity contribution in [3.63, 3.8) is 0 Å². The lowest BCUT2D eigenvalue weighted by Crippen LogP contribution is -2.10. The summed E-state index contributed by atoms with van der Waals surface area (Å²) in [6.45, 7) is 0. The quantitative estimate of drug-likeness (QED) is 0.792. The summed E-state index contributed by atoms with van der Waals surface area (Å²) < 4.78 is 37.8. The molecule has 0 saturated heterocycles. The third-order valence-corrected chi connectivity index (χ3v) is 1.98. The van der Waals surface area contributed by atoms with Crippen LogP contribution in [-0.4, -0.2) is 15.2 Å². The van der Waals surface area contributed by atoms with Crippen LogP contribution in [0.1, 0.15) is 5.69 Å². The number of halogens is 4. The Balaban J connectivity index is 0.00000144. The molecule has 0 unspecified atom stereocenters. The zero-order valence-electron chi connectivity index (χ0n) is 8.35. The van der Waals surface area contributed by atoms with Crippen LogP contribution < -0.4 is 0 Å². The number of hydrogen-bond acceptors (Lipinski definition) is 3. The molecule has 17 heavy (non-hydrogen) atoms. The average molecular weight is 262 g/mol. The van der Waals surface area contributed by atoms with E-state index < -0.39 is 11.9 Å². The normalized spacial score (nSPS) is 10.8. The molecule has 2 aromatic heterocycles. The molecule has 0 atom stereocenters. The van der Waals surface area contributed by atoms with Crippen LogP contribution >= 0.6 is 12.4 Å². The van der Waals surface area contributed by atoms with Crippen LogP contribution in [0.2, 0.25) is 0 Å². The Kier molecular flexibility index (Phi) is 4.01. The maximum atomic E-state index is 12.6. The van der Waals surface area contributed by atoms with Gasteiger partial charge < -0.3 is 0 Å². The maximum Gasteiger partial charge on any atom is 0.435 e. The highest BCUT2D eigenvalue weighted by Crippen LogP contribution is 2.34. The van der Waals surface area contributed by atoms with E-state index in [0.29, 0.717) is 5.56 Å². The van der Waals surface area contributed by atoms with E-state index in [9.17, 15) is 13.2 Å². The summed E-state index contributed by atoms with van der Waals surface area (Å²) >= 11 is 0. The molecule has 0 aromatic carbocycles. The SMILES string of the molecule is Cl.FC(F)(F)c1nnccc1-c1ccncc1. The summed E-state index contributed by atoms with van der Waals surface area (Å²) in [6, 6.07) is 4.27. The third kappa shape index (κ3) is 2.91. The van der Waals surface area contributed by atoms with Gasteiger partial charge in [-0.15, -0.1) is 17.5 Å². The molecule has 0 aliphatic carbocycles. The van der Waals surface area contributed by atoms with E-state index in [0.717, 1.165) is 0 Å². The Morgan fingerprint density at radius 1 is 0.941 bits per heavy atom. The first-order valence-electron chi connectivity index (χ1n) is 4.38. The molecule has 0 aliphatic rings. The fraction of sp³-hybridized carbons (Fsp3) is 0.100. The second-order valence-corrected chi connectivity index (χ2v) is 3.03. The van der Waals surface area contributed by atoms with Gasteiger partial charge in [0.1, 0.15) is 0 Å². The van der Waals surface area contributed by atoms with Crippen molar-refractivity contribution in [2.45, 2.75) is 6.18 Å². The zero-order valence-corrected chi connectivity index (χ0v) is 9.16. The third-order valence-electron chi connectivity index (χ3n) is 1.98. The van der Waals surface area contributed by atoms with Gasteiger partial charge in [-0.3, -0.25) is 4.98 Å². The predicted molar refractivity (Wildman–Crippen MR) is 57.5 cm³/mol. The molecule has 2 aromatic rings. The average Bonchev–Trinajstić information content (AvgIpc) is 2.29. The Morgan fingerprint density at radius 3 is 2.18 bits per heavy atom. The van der Waals surface area contributed by atoms with E-state index in [2.05, 4.69) is 15.2 Å². The van der Waals surface area contributed by atoms with Crippen LogP contribution in [0.15, 0.2) is 36.8 Å². The van der Waals surface area contributed by atoms with E-state index in [1.54, 1.807) is 0 Å². The molecule has 2 heterocycles. The number of alkyl halides is 3. The van der Waals surface area contributed by atoms with Gasteiger partial charge in [0.25, 0.3) is 0 Å². The molecule has 0 saturated carbocycles. The van der Waals surface area contributed by atoms with Crippen molar-refractivity contribution < 1.29 is 13.2 Å². The minimum absolute atomic E-state index is 0. The lowest BCUT2D eigenvalue weighted by atomic mass is 10.1. The number of rotatable bonds is 1. The van der Waals surface area contributed by atoms with E-state index in [-0.39, 0.29) is 18.0 Å². The van der Waals surface area contributed by atoms with E-state index >= 15 is 0 Å². The summed E-state index contributed by atoms with van der Waals surface area (Å²) in [5, 5.41) is 6.38. The molecule has 0 bridgehead atoms. The fourth-order valence-electron chi connectivity index (χ4n) is 1.31. The van der Waals surface area contributed by atoms with Crippen molar-refractivity contribution in [3.05, 3.63) is 42.5 Å². The van der Waals surface area contributed by atoms with E-state index in [1.165, 1.54) is 36.8 Å². The lowest BCUT2D eigenvalue weighted by molar-refractivity contribution is -0.141. The highest BCUT2D eigenvalue weighted by molar-refractivity contribution is 5.85. The van der Waals surface area contributed by atoms with Crippen molar-refractivity contribution in [2.75, 3.05) is 0 Å². The summed E-state index contributed by atoms with van der Waals surface area (Å²) in [5.41, 5.74) is -0.566. The Bertz CT molecular complexity index is 488. The van der Waals surface area contributed by atoms with Gasteiger partial charge in [0.2, 0.25) is 0 Å². The van der Waals surface area contributed by atoms with Crippen molar-refractivity contribution in [3.8, 4) is 11.1 Å². The summed E-state index contributed by atoms with van der Waals surface area (Å²) in [4.78, 5) is 3.75. The second-order valence-electron chi connectivity index (χ2n) is 3.03. The topological polar surface area (TPSA) is 38.7 Å². The molecule has 0 spiro atoms. The first-order chi connectivity index (χ1) is 7.59. The van der Waals surface area contributed by atoms with Crippen LogP contribution in [0.3, 0.4) is 0 Å². The molecule has 0 N–H and O–H groups in total. The smallest absolute Gasteiger partial charge is 0.265 e. The van der Waals surface area contributed by atoms with Gasteiger partial charge in [-0.05, 0) is 23.8 Å².